The van der Waals surface area contributed by atoms with Crippen molar-refractivity contribution in [2.45, 2.75) is 0 Å². The molecule has 0 aromatic heterocycles. The first-order valence-electron chi connectivity index (χ1n) is 6.54. The van der Waals surface area contributed by atoms with E-state index >= 15 is 0 Å². The molecule has 1 aliphatic rings. The monoisotopic (exact) mass is 348 g/mol. The molecule has 4 nitrogen and oxygen atoms in total. The van der Waals surface area contributed by atoms with Gasteiger partial charge in [-0.15, -0.1) is 0 Å². The summed E-state index contributed by atoms with van der Waals surface area (Å²) in [5.74, 6) is 1.81. The lowest BCUT2D eigenvalue weighted by Gasteiger charge is -2.18. The second kappa shape index (κ2) is 6.18. The number of fused-ring (bicyclic) bond motifs is 1. The fraction of sp³-hybridized carbons (Fsp3) is 0.188. The molecule has 2 aromatic rings. The molecule has 0 atom stereocenters. The SMILES string of the molecule is O=C(COc1ccccc1Br)c1ccc2c(c1)OCCO2. The van der Waals surface area contributed by atoms with Gasteiger partial charge in [0.1, 0.15) is 19.0 Å². The van der Waals surface area contributed by atoms with Crippen molar-refractivity contribution < 1.29 is 19.0 Å². The number of benzene rings is 2. The molecule has 0 radical (unpaired) electrons. The van der Waals surface area contributed by atoms with E-state index in [-0.39, 0.29) is 12.4 Å². The lowest BCUT2D eigenvalue weighted by atomic mass is 10.1. The Morgan fingerprint density at radius 2 is 1.86 bits per heavy atom. The Morgan fingerprint density at radius 1 is 1.10 bits per heavy atom. The van der Waals surface area contributed by atoms with Crippen molar-refractivity contribution in [1.82, 2.24) is 0 Å². The molecule has 0 saturated heterocycles. The third kappa shape index (κ3) is 3.19. The molecule has 1 aliphatic heterocycles. The van der Waals surface area contributed by atoms with Gasteiger partial charge in [0.05, 0.1) is 4.47 Å². The van der Waals surface area contributed by atoms with Crippen LogP contribution in [0.3, 0.4) is 0 Å². The van der Waals surface area contributed by atoms with Crippen LogP contribution in [-0.4, -0.2) is 25.6 Å². The van der Waals surface area contributed by atoms with Crippen LogP contribution in [0.15, 0.2) is 46.9 Å². The van der Waals surface area contributed by atoms with Crippen LogP contribution in [-0.2, 0) is 0 Å². The number of hydrogen-bond donors (Lipinski definition) is 0. The first-order valence-corrected chi connectivity index (χ1v) is 7.33. The topological polar surface area (TPSA) is 44.8 Å². The standard InChI is InChI=1S/C16H13BrO4/c17-12-3-1-2-4-14(12)21-10-13(18)11-5-6-15-16(9-11)20-8-7-19-15/h1-6,9H,7-8,10H2. The number of halogens is 1. The van der Waals surface area contributed by atoms with Gasteiger partial charge in [-0.1, -0.05) is 12.1 Å². The van der Waals surface area contributed by atoms with Crippen molar-refractivity contribution in [3.63, 3.8) is 0 Å². The summed E-state index contributed by atoms with van der Waals surface area (Å²) in [4.78, 5) is 12.2. The zero-order valence-corrected chi connectivity index (χ0v) is 12.8. The van der Waals surface area contributed by atoms with Gasteiger partial charge < -0.3 is 14.2 Å². The lowest BCUT2D eigenvalue weighted by Crippen LogP contribution is -2.17. The number of ether oxygens (including phenoxy) is 3. The summed E-state index contributed by atoms with van der Waals surface area (Å²) >= 11 is 3.38. The Hall–Kier alpha value is -2.01. The Morgan fingerprint density at radius 3 is 2.67 bits per heavy atom. The number of carbonyl (C=O) groups excluding carboxylic acids is 1. The van der Waals surface area contributed by atoms with Crippen LogP contribution in [0.1, 0.15) is 10.4 Å². The number of carbonyl (C=O) groups is 1. The van der Waals surface area contributed by atoms with Crippen LogP contribution in [0, 0.1) is 0 Å². The van der Waals surface area contributed by atoms with Crippen LogP contribution < -0.4 is 14.2 Å². The molecule has 0 spiro atoms. The molecular weight excluding hydrogens is 336 g/mol. The van der Waals surface area contributed by atoms with Crippen molar-refractivity contribution in [2.24, 2.45) is 0 Å². The minimum absolute atomic E-state index is 0.0255. The van der Waals surface area contributed by atoms with Crippen molar-refractivity contribution in [3.05, 3.63) is 52.5 Å². The second-order valence-corrected chi connectivity index (χ2v) is 5.36. The minimum atomic E-state index is -0.109. The molecule has 0 N–H and O–H groups in total. The van der Waals surface area contributed by atoms with Gasteiger partial charge in [0, 0.05) is 5.56 Å². The minimum Gasteiger partial charge on any atom is -0.486 e. The summed E-state index contributed by atoms with van der Waals surface area (Å²) in [6.07, 6.45) is 0. The number of hydrogen-bond acceptors (Lipinski definition) is 4. The number of Topliss-reactive ketones (excluding diaryl/α,β-unsaturated/α-hetero) is 1. The first kappa shape index (κ1) is 13.9. The predicted molar refractivity (Wildman–Crippen MR) is 81.4 cm³/mol. The van der Waals surface area contributed by atoms with Gasteiger partial charge in [-0.2, -0.15) is 0 Å². The molecule has 0 unspecified atom stereocenters. The Balaban J connectivity index is 1.69. The summed E-state index contributed by atoms with van der Waals surface area (Å²) in [6, 6.07) is 12.6. The third-order valence-corrected chi connectivity index (χ3v) is 3.71. The fourth-order valence-electron chi connectivity index (χ4n) is 2.01. The number of para-hydroxylation sites is 1. The maximum absolute atomic E-state index is 12.2. The molecule has 0 bridgehead atoms. The summed E-state index contributed by atoms with van der Waals surface area (Å²) < 4.78 is 17.2. The van der Waals surface area contributed by atoms with E-state index in [1.165, 1.54) is 0 Å². The summed E-state index contributed by atoms with van der Waals surface area (Å²) in [6.45, 7) is 1.01. The quantitative estimate of drug-likeness (QED) is 0.793. The van der Waals surface area contributed by atoms with Crippen LogP contribution in [0.5, 0.6) is 17.2 Å². The molecule has 21 heavy (non-hydrogen) atoms. The molecule has 5 heteroatoms. The number of ketones is 1. The largest absolute Gasteiger partial charge is 0.486 e. The molecule has 0 fully saturated rings. The highest BCUT2D eigenvalue weighted by Crippen LogP contribution is 2.31. The van der Waals surface area contributed by atoms with E-state index in [4.69, 9.17) is 14.2 Å². The lowest BCUT2D eigenvalue weighted by molar-refractivity contribution is 0.0920. The zero-order chi connectivity index (χ0) is 14.7. The normalized spacial score (nSPS) is 12.8. The van der Waals surface area contributed by atoms with Crippen molar-refractivity contribution in [2.75, 3.05) is 19.8 Å². The molecule has 0 aliphatic carbocycles. The number of rotatable bonds is 4. The van der Waals surface area contributed by atoms with Gasteiger partial charge in [0.2, 0.25) is 0 Å². The van der Waals surface area contributed by atoms with Crippen molar-refractivity contribution in [1.29, 1.82) is 0 Å². The highest BCUT2D eigenvalue weighted by molar-refractivity contribution is 9.10. The van der Waals surface area contributed by atoms with Crippen LogP contribution >= 0.6 is 15.9 Å². The summed E-state index contributed by atoms with van der Waals surface area (Å²) in [5, 5.41) is 0. The van der Waals surface area contributed by atoms with Crippen LogP contribution in [0.4, 0.5) is 0 Å². The van der Waals surface area contributed by atoms with E-state index in [2.05, 4.69) is 15.9 Å². The highest BCUT2D eigenvalue weighted by atomic mass is 79.9. The average Bonchev–Trinajstić information content (AvgIpc) is 2.53. The molecular formula is C16H13BrO4. The van der Waals surface area contributed by atoms with E-state index in [1.807, 2.05) is 18.2 Å². The van der Waals surface area contributed by atoms with Crippen molar-refractivity contribution in [3.8, 4) is 17.2 Å². The van der Waals surface area contributed by atoms with Crippen LogP contribution in [0.25, 0.3) is 0 Å². The molecule has 0 amide bonds. The molecule has 0 saturated carbocycles. The fourth-order valence-corrected chi connectivity index (χ4v) is 2.40. The molecule has 2 aromatic carbocycles. The van der Waals surface area contributed by atoms with Gasteiger partial charge in [-0.3, -0.25) is 4.79 Å². The maximum atomic E-state index is 12.2. The zero-order valence-electron chi connectivity index (χ0n) is 11.2. The van der Waals surface area contributed by atoms with Gasteiger partial charge in [0.15, 0.2) is 23.9 Å². The Bertz CT molecular complexity index is 669. The van der Waals surface area contributed by atoms with Crippen molar-refractivity contribution >= 4 is 21.7 Å². The Labute approximate surface area is 130 Å². The Kier molecular flexibility index (Phi) is 4.10. The predicted octanol–water partition coefficient (Wildman–Crippen LogP) is 3.48. The maximum Gasteiger partial charge on any atom is 0.200 e. The van der Waals surface area contributed by atoms with Crippen LogP contribution in [0.2, 0.25) is 0 Å². The highest BCUT2D eigenvalue weighted by Gasteiger charge is 2.15. The summed E-state index contributed by atoms with van der Waals surface area (Å²) in [7, 11) is 0. The molecule has 1 heterocycles. The molecule has 3 rings (SSSR count). The smallest absolute Gasteiger partial charge is 0.200 e. The second-order valence-electron chi connectivity index (χ2n) is 4.50. The van der Waals surface area contributed by atoms with Gasteiger partial charge in [0.25, 0.3) is 0 Å². The van der Waals surface area contributed by atoms with E-state index in [0.29, 0.717) is 36.0 Å². The van der Waals surface area contributed by atoms with Gasteiger partial charge in [-0.25, -0.2) is 0 Å². The van der Waals surface area contributed by atoms with E-state index < -0.39 is 0 Å². The molecule has 108 valence electrons. The first-order chi connectivity index (χ1) is 10.2. The average molecular weight is 349 g/mol. The van der Waals surface area contributed by atoms with E-state index in [0.717, 1.165) is 4.47 Å². The third-order valence-electron chi connectivity index (χ3n) is 3.06. The van der Waals surface area contributed by atoms with Gasteiger partial charge in [-0.05, 0) is 46.3 Å². The van der Waals surface area contributed by atoms with E-state index in [9.17, 15) is 4.79 Å². The van der Waals surface area contributed by atoms with E-state index in [1.54, 1.807) is 24.3 Å². The summed E-state index contributed by atoms with van der Waals surface area (Å²) in [5.41, 5.74) is 0.548. The van der Waals surface area contributed by atoms with Gasteiger partial charge >= 0.3 is 0 Å².